The summed E-state index contributed by atoms with van der Waals surface area (Å²) < 4.78 is 4.98. The maximum absolute atomic E-state index is 5.84. The van der Waals surface area contributed by atoms with Crippen LogP contribution in [0.4, 0.5) is 0 Å². The van der Waals surface area contributed by atoms with Crippen molar-refractivity contribution in [2.24, 2.45) is 0 Å². The second kappa shape index (κ2) is 6.15. The zero-order valence-corrected chi connectivity index (χ0v) is 12.7. The number of hydrogen-bond acceptors (Lipinski definition) is 6. The van der Waals surface area contributed by atoms with Crippen LogP contribution in [0.1, 0.15) is 10.8 Å². The minimum absolute atomic E-state index is 0.122. The van der Waals surface area contributed by atoms with Crippen molar-refractivity contribution < 1.29 is 4.74 Å². The zero-order chi connectivity index (χ0) is 14.7. The molecule has 0 bridgehead atoms. The Kier molecular flexibility index (Phi) is 4.08. The third kappa shape index (κ3) is 3.34. The van der Waals surface area contributed by atoms with Crippen LogP contribution < -0.4 is 4.74 Å². The van der Waals surface area contributed by atoms with Crippen LogP contribution in [0.3, 0.4) is 0 Å². The van der Waals surface area contributed by atoms with E-state index in [0.717, 1.165) is 16.3 Å². The Labute approximate surface area is 130 Å². The smallest absolute Gasteiger partial charge is 0.320 e. The molecule has 0 aliphatic rings. The standard InChI is InChI=1S/C14H11ClN4OS/c1-20-14-18-11(17-13(15)19-14)7-12-16-10(8-21-12)9-5-3-2-4-6-9/h2-6,8H,7H2,1H3. The fourth-order valence-electron chi connectivity index (χ4n) is 1.81. The van der Waals surface area contributed by atoms with Gasteiger partial charge < -0.3 is 4.74 Å². The van der Waals surface area contributed by atoms with Crippen molar-refractivity contribution in [2.45, 2.75) is 6.42 Å². The van der Waals surface area contributed by atoms with Crippen molar-refractivity contribution in [3.8, 4) is 17.3 Å². The zero-order valence-electron chi connectivity index (χ0n) is 11.2. The molecule has 2 heterocycles. The molecular formula is C14H11ClN4OS. The molecule has 0 aliphatic carbocycles. The van der Waals surface area contributed by atoms with Gasteiger partial charge in [-0.3, -0.25) is 0 Å². The molecular weight excluding hydrogens is 308 g/mol. The molecule has 106 valence electrons. The van der Waals surface area contributed by atoms with Gasteiger partial charge >= 0.3 is 6.01 Å². The lowest BCUT2D eigenvalue weighted by molar-refractivity contribution is 0.376. The lowest BCUT2D eigenvalue weighted by Crippen LogP contribution is -2.02. The van der Waals surface area contributed by atoms with Crippen LogP contribution in [-0.2, 0) is 6.42 Å². The third-order valence-electron chi connectivity index (χ3n) is 2.75. The number of rotatable bonds is 4. The lowest BCUT2D eigenvalue weighted by atomic mass is 10.2. The number of hydrogen-bond donors (Lipinski definition) is 0. The van der Waals surface area contributed by atoms with Crippen molar-refractivity contribution >= 4 is 22.9 Å². The Balaban J connectivity index is 1.83. The topological polar surface area (TPSA) is 60.8 Å². The van der Waals surface area contributed by atoms with Crippen LogP contribution >= 0.6 is 22.9 Å². The van der Waals surface area contributed by atoms with Crippen LogP contribution in [0.25, 0.3) is 11.3 Å². The van der Waals surface area contributed by atoms with Gasteiger partial charge in [0.1, 0.15) is 10.8 Å². The molecule has 0 unspecified atom stereocenters. The molecule has 0 aliphatic heterocycles. The first-order valence-corrected chi connectivity index (χ1v) is 7.44. The molecule has 0 amide bonds. The van der Waals surface area contributed by atoms with Gasteiger partial charge in [0.15, 0.2) is 0 Å². The average molecular weight is 319 g/mol. The highest BCUT2D eigenvalue weighted by Crippen LogP contribution is 2.23. The van der Waals surface area contributed by atoms with Crippen LogP contribution in [0.5, 0.6) is 6.01 Å². The highest BCUT2D eigenvalue weighted by molar-refractivity contribution is 7.10. The molecule has 0 saturated carbocycles. The van der Waals surface area contributed by atoms with Gasteiger partial charge in [-0.25, -0.2) is 9.97 Å². The molecule has 0 saturated heterocycles. The van der Waals surface area contributed by atoms with Crippen molar-refractivity contribution in [3.63, 3.8) is 0 Å². The second-order valence-corrected chi connectivity index (χ2v) is 5.46. The largest absolute Gasteiger partial charge is 0.467 e. The van der Waals surface area contributed by atoms with E-state index in [0.29, 0.717) is 12.2 Å². The fraction of sp³-hybridized carbons (Fsp3) is 0.143. The van der Waals surface area contributed by atoms with Crippen molar-refractivity contribution in [3.05, 3.63) is 51.8 Å². The Bertz CT molecular complexity index is 748. The van der Waals surface area contributed by atoms with E-state index in [1.165, 1.54) is 7.11 Å². The summed E-state index contributed by atoms with van der Waals surface area (Å²) in [5.74, 6) is 0.542. The number of methoxy groups -OCH3 is 1. The van der Waals surface area contributed by atoms with Gasteiger partial charge in [0.05, 0.1) is 19.2 Å². The molecule has 5 nitrogen and oxygen atoms in total. The summed E-state index contributed by atoms with van der Waals surface area (Å²) in [6, 6.07) is 10.2. The summed E-state index contributed by atoms with van der Waals surface area (Å²) in [6.45, 7) is 0. The summed E-state index contributed by atoms with van der Waals surface area (Å²) in [6.07, 6.45) is 0.496. The fourth-order valence-corrected chi connectivity index (χ4v) is 2.78. The van der Waals surface area contributed by atoms with E-state index in [2.05, 4.69) is 19.9 Å². The number of benzene rings is 1. The first-order chi connectivity index (χ1) is 10.2. The van der Waals surface area contributed by atoms with E-state index in [-0.39, 0.29) is 11.3 Å². The molecule has 0 N–H and O–H groups in total. The Hall–Kier alpha value is -2.05. The van der Waals surface area contributed by atoms with Gasteiger partial charge in [-0.15, -0.1) is 11.3 Å². The third-order valence-corrected chi connectivity index (χ3v) is 3.76. The summed E-state index contributed by atoms with van der Waals surface area (Å²) in [7, 11) is 1.49. The van der Waals surface area contributed by atoms with Gasteiger partial charge in [0.25, 0.3) is 0 Å². The van der Waals surface area contributed by atoms with Crippen LogP contribution in [-0.4, -0.2) is 27.0 Å². The number of halogens is 1. The molecule has 7 heteroatoms. The normalized spacial score (nSPS) is 10.6. The first kappa shape index (κ1) is 13.9. The molecule has 2 aromatic heterocycles. The SMILES string of the molecule is COc1nc(Cl)nc(Cc2nc(-c3ccccc3)cs2)n1. The van der Waals surface area contributed by atoms with E-state index in [9.17, 15) is 0 Å². The molecule has 0 fully saturated rings. The molecule has 0 spiro atoms. The summed E-state index contributed by atoms with van der Waals surface area (Å²) in [5.41, 5.74) is 2.04. The summed E-state index contributed by atoms with van der Waals surface area (Å²) >= 11 is 7.40. The van der Waals surface area contributed by atoms with Gasteiger partial charge in [-0.05, 0) is 11.6 Å². The van der Waals surface area contributed by atoms with Gasteiger partial charge in [-0.2, -0.15) is 9.97 Å². The number of nitrogens with zero attached hydrogens (tertiary/aromatic N) is 4. The summed E-state index contributed by atoms with van der Waals surface area (Å²) in [5, 5.41) is 3.06. The minimum Gasteiger partial charge on any atom is -0.467 e. The van der Waals surface area contributed by atoms with Crippen LogP contribution in [0, 0.1) is 0 Å². The van der Waals surface area contributed by atoms with Gasteiger partial charge in [0, 0.05) is 10.9 Å². The van der Waals surface area contributed by atoms with Gasteiger partial charge in [-0.1, -0.05) is 30.3 Å². The van der Waals surface area contributed by atoms with E-state index in [1.54, 1.807) is 11.3 Å². The van der Waals surface area contributed by atoms with Crippen molar-refractivity contribution in [2.75, 3.05) is 7.11 Å². The quantitative estimate of drug-likeness (QED) is 0.739. The minimum atomic E-state index is 0.122. The number of aromatic nitrogens is 4. The van der Waals surface area contributed by atoms with E-state index in [1.807, 2.05) is 35.7 Å². The number of thiazole rings is 1. The highest BCUT2D eigenvalue weighted by Gasteiger charge is 2.10. The molecule has 21 heavy (non-hydrogen) atoms. The predicted molar refractivity (Wildman–Crippen MR) is 81.7 cm³/mol. The maximum Gasteiger partial charge on any atom is 0.320 e. The Morgan fingerprint density at radius 3 is 2.67 bits per heavy atom. The molecule has 0 radical (unpaired) electrons. The molecule has 3 aromatic rings. The van der Waals surface area contributed by atoms with Crippen LogP contribution in [0.15, 0.2) is 35.7 Å². The molecule has 3 rings (SSSR count). The second-order valence-electron chi connectivity index (χ2n) is 4.18. The Morgan fingerprint density at radius 2 is 1.90 bits per heavy atom. The monoisotopic (exact) mass is 318 g/mol. The van der Waals surface area contributed by atoms with E-state index >= 15 is 0 Å². The van der Waals surface area contributed by atoms with Crippen molar-refractivity contribution in [1.29, 1.82) is 0 Å². The average Bonchev–Trinajstić information content (AvgIpc) is 2.96. The lowest BCUT2D eigenvalue weighted by Gasteiger charge is -2.01. The van der Waals surface area contributed by atoms with Crippen molar-refractivity contribution in [1.82, 2.24) is 19.9 Å². The van der Waals surface area contributed by atoms with Crippen LogP contribution in [0.2, 0.25) is 5.28 Å². The predicted octanol–water partition coefficient (Wildman–Crippen LogP) is 3.25. The maximum atomic E-state index is 5.84. The highest BCUT2D eigenvalue weighted by atomic mass is 35.5. The molecule has 1 aromatic carbocycles. The number of ether oxygens (including phenoxy) is 1. The Morgan fingerprint density at radius 1 is 1.10 bits per heavy atom. The molecule has 0 atom stereocenters. The van der Waals surface area contributed by atoms with Gasteiger partial charge in [0.2, 0.25) is 5.28 Å². The van der Waals surface area contributed by atoms with E-state index < -0.39 is 0 Å². The summed E-state index contributed by atoms with van der Waals surface area (Å²) in [4.78, 5) is 16.7. The first-order valence-electron chi connectivity index (χ1n) is 6.19. The van der Waals surface area contributed by atoms with E-state index in [4.69, 9.17) is 16.3 Å².